The molecule has 1 atom stereocenters. The van der Waals surface area contributed by atoms with E-state index in [0.717, 1.165) is 42.7 Å². The summed E-state index contributed by atoms with van der Waals surface area (Å²) in [4.78, 5) is 11.6. The molecule has 92 valence electrons. The van der Waals surface area contributed by atoms with E-state index >= 15 is 0 Å². The van der Waals surface area contributed by atoms with Gasteiger partial charge < -0.3 is 9.47 Å². The Labute approximate surface area is 102 Å². The highest BCUT2D eigenvalue weighted by Gasteiger charge is 2.24. The summed E-state index contributed by atoms with van der Waals surface area (Å²) < 4.78 is 10.4. The van der Waals surface area contributed by atoms with Gasteiger partial charge in [0.15, 0.2) is 11.5 Å². The molecule has 0 saturated heterocycles. The second-order valence-corrected chi connectivity index (χ2v) is 4.45. The van der Waals surface area contributed by atoms with Crippen molar-refractivity contribution in [3.8, 4) is 11.5 Å². The molecule has 0 radical (unpaired) electrons. The van der Waals surface area contributed by atoms with Gasteiger partial charge in [0.1, 0.15) is 5.78 Å². The first-order valence-electron chi connectivity index (χ1n) is 5.98. The third kappa shape index (κ3) is 2.60. The van der Waals surface area contributed by atoms with Gasteiger partial charge in [0.25, 0.3) is 0 Å². The summed E-state index contributed by atoms with van der Waals surface area (Å²) in [5, 5.41) is 0. The second kappa shape index (κ2) is 5.21. The van der Waals surface area contributed by atoms with E-state index in [0.29, 0.717) is 5.78 Å². The number of ether oxygens (including phenoxy) is 2. The van der Waals surface area contributed by atoms with Gasteiger partial charge in [-0.25, -0.2) is 0 Å². The Morgan fingerprint density at radius 2 is 2.00 bits per heavy atom. The zero-order valence-electron chi connectivity index (χ0n) is 10.4. The van der Waals surface area contributed by atoms with E-state index in [2.05, 4.69) is 0 Å². The molecule has 0 spiro atoms. The largest absolute Gasteiger partial charge is 0.493 e. The quantitative estimate of drug-likeness (QED) is 0.803. The molecule has 0 heterocycles. The first kappa shape index (κ1) is 12.0. The number of hydrogen-bond donors (Lipinski definition) is 0. The highest BCUT2D eigenvalue weighted by molar-refractivity contribution is 5.83. The monoisotopic (exact) mass is 234 g/mol. The Hall–Kier alpha value is -1.51. The average Bonchev–Trinajstić information content (AvgIpc) is 2.75. The lowest BCUT2D eigenvalue weighted by Gasteiger charge is -2.11. The molecule has 1 aromatic carbocycles. The smallest absolute Gasteiger partial charge is 0.160 e. The maximum Gasteiger partial charge on any atom is 0.160 e. The van der Waals surface area contributed by atoms with Gasteiger partial charge in [-0.3, -0.25) is 4.79 Å². The highest BCUT2D eigenvalue weighted by Crippen LogP contribution is 2.31. The molecule has 1 fully saturated rings. The van der Waals surface area contributed by atoms with Crippen LogP contribution in [0.2, 0.25) is 0 Å². The van der Waals surface area contributed by atoms with Crippen molar-refractivity contribution in [1.29, 1.82) is 0 Å². The maximum atomic E-state index is 11.6. The number of carbonyl (C=O) groups is 1. The first-order valence-corrected chi connectivity index (χ1v) is 5.98. The molecule has 1 aliphatic carbocycles. The number of methoxy groups -OCH3 is 2. The SMILES string of the molecule is COc1ccc(CC2CCCC2=O)cc1OC. The molecule has 0 amide bonds. The summed E-state index contributed by atoms with van der Waals surface area (Å²) in [5.74, 6) is 2.07. The molecule has 1 saturated carbocycles. The zero-order valence-corrected chi connectivity index (χ0v) is 10.4. The summed E-state index contributed by atoms with van der Waals surface area (Å²) in [6, 6.07) is 5.87. The Morgan fingerprint density at radius 1 is 1.24 bits per heavy atom. The Balaban J connectivity index is 2.13. The molecule has 17 heavy (non-hydrogen) atoms. The molecule has 0 bridgehead atoms. The molecule has 2 rings (SSSR count). The molecule has 1 aromatic rings. The van der Waals surface area contributed by atoms with Gasteiger partial charge in [-0.15, -0.1) is 0 Å². The molecule has 3 nitrogen and oxygen atoms in total. The third-order valence-electron chi connectivity index (χ3n) is 3.36. The zero-order chi connectivity index (χ0) is 12.3. The molecule has 1 unspecified atom stereocenters. The molecule has 0 aromatic heterocycles. The van der Waals surface area contributed by atoms with E-state index < -0.39 is 0 Å². The van der Waals surface area contributed by atoms with Crippen LogP contribution in [0.5, 0.6) is 11.5 Å². The number of benzene rings is 1. The van der Waals surface area contributed by atoms with Gasteiger partial charge in [0, 0.05) is 12.3 Å². The molecule has 1 aliphatic rings. The molecule has 0 N–H and O–H groups in total. The fourth-order valence-corrected chi connectivity index (χ4v) is 2.40. The van der Waals surface area contributed by atoms with Gasteiger partial charge in [-0.2, -0.15) is 0 Å². The van der Waals surface area contributed by atoms with Gasteiger partial charge in [-0.05, 0) is 37.0 Å². The van der Waals surface area contributed by atoms with Crippen LogP contribution < -0.4 is 9.47 Å². The summed E-state index contributed by atoms with van der Waals surface area (Å²) in [5.41, 5.74) is 1.14. The number of rotatable bonds is 4. The standard InChI is InChI=1S/C14H18O3/c1-16-13-7-6-10(9-14(13)17-2)8-11-4-3-5-12(11)15/h6-7,9,11H,3-5,8H2,1-2H3. The third-order valence-corrected chi connectivity index (χ3v) is 3.36. The number of carbonyl (C=O) groups excluding carboxylic acids is 1. The summed E-state index contributed by atoms with van der Waals surface area (Å²) in [7, 11) is 3.25. The normalized spacial score (nSPS) is 19.4. The van der Waals surface area contributed by atoms with Crippen LogP contribution >= 0.6 is 0 Å². The Bertz CT molecular complexity index is 412. The minimum Gasteiger partial charge on any atom is -0.493 e. The summed E-state index contributed by atoms with van der Waals surface area (Å²) in [6.07, 6.45) is 3.63. The van der Waals surface area contributed by atoms with Crippen molar-refractivity contribution in [1.82, 2.24) is 0 Å². The van der Waals surface area contributed by atoms with Crippen molar-refractivity contribution in [2.75, 3.05) is 14.2 Å². The van der Waals surface area contributed by atoms with Crippen molar-refractivity contribution in [2.24, 2.45) is 5.92 Å². The number of Topliss-reactive ketones (excluding diaryl/α,β-unsaturated/α-hetero) is 1. The van der Waals surface area contributed by atoms with Crippen LogP contribution in [0, 0.1) is 5.92 Å². The highest BCUT2D eigenvalue weighted by atomic mass is 16.5. The molecule has 0 aliphatic heterocycles. The Morgan fingerprint density at radius 3 is 2.59 bits per heavy atom. The van der Waals surface area contributed by atoms with E-state index in [9.17, 15) is 4.79 Å². The summed E-state index contributed by atoms with van der Waals surface area (Å²) >= 11 is 0. The minimum atomic E-state index is 0.202. The summed E-state index contributed by atoms with van der Waals surface area (Å²) in [6.45, 7) is 0. The fourth-order valence-electron chi connectivity index (χ4n) is 2.40. The van der Waals surface area contributed by atoms with Crippen LogP contribution in [0.3, 0.4) is 0 Å². The predicted octanol–water partition coefficient (Wildman–Crippen LogP) is 2.62. The van der Waals surface area contributed by atoms with E-state index in [1.165, 1.54) is 0 Å². The van der Waals surface area contributed by atoms with Gasteiger partial charge >= 0.3 is 0 Å². The lowest BCUT2D eigenvalue weighted by molar-refractivity contribution is -0.120. The van der Waals surface area contributed by atoms with Crippen molar-refractivity contribution in [2.45, 2.75) is 25.7 Å². The van der Waals surface area contributed by atoms with Crippen LogP contribution in [0.1, 0.15) is 24.8 Å². The van der Waals surface area contributed by atoms with Crippen molar-refractivity contribution in [3.63, 3.8) is 0 Å². The van der Waals surface area contributed by atoms with Crippen molar-refractivity contribution in [3.05, 3.63) is 23.8 Å². The van der Waals surface area contributed by atoms with E-state index in [1.807, 2.05) is 18.2 Å². The maximum absolute atomic E-state index is 11.6. The van der Waals surface area contributed by atoms with E-state index in [-0.39, 0.29) is 5.92 Å². The topological polar surface area (TPSA) is 35.5 Å². The first-order chi connectivity index (χ1) is 8.24. The van der Waals surface area contributed by atoms with Crippen LogP contribution in [0.4, 0.5) is 0 Å². The van der Waals surface area contributed by atoms with Gasteiger partial charge in [-0.1, -0.05) is 6.07 Å². The van der Waals surface area contributed by atoms with Crippen LogP contribution in [-0.2, 0) is 11.2 Å². The number of hydrogen-bond acceptors (Lipinski definition) is 3. The molecule has 3 heteroatoms. The van der Waals surface area contributed by atoms with Crippen LogP contribution in [-0.4, -0.2) is 20.0 Å². The lowest BCUT2D eigenvalue weighted by atomic mass is 9.97. The van der Waals surface area contributed by atoms with E-state index in [4.69, 9.17) is 9.47 Å². The fraction of sp³-hybridized carbons (Fsp3) is 0.500. The molecular weight excluding hydrogens is 216 g/mol. The lowest BCUT2D eigenvalue weighted by Crippen LogP contribution is -2.09. The Kier molecular flexibility index (Phi) is 3.67. The van der Waals surface area contributed by atoms with E-state index in [1.54, 1.807) is 14.2 Å². The number of ketones is 1. The van der Waals surface area contributed by atoms with Gasteiger partial charge in [0.05, 0.1) is 14.2 Å². The average molecular weight is 234 g/mol. The van der Waals surface area contributed by atoms with Gasteiger partial charge in [0.2, 0.25) is 0 Å². The molecular formula is C14H18O3. The van der Waals surface area contributed by atoms with Crippen molar-refractivity contribution >= 4 is 5.78 Å². The van der Waals surface area contributed by atoms with Crippen LogP contribution in [0.15, 0.2) is 18.2 Å². The minimum absolute atomic E-state index is 0.202. The predicted molar refractivity (Wildman–Crippen MR) is 65.6 cm³/mol. The van der Waals surface area contributed by atoms with Crippen LogP contribution in [0.25, 0.3) is 0 Å². The van der Waals surface area contributed by atoms with Crippen molar-refractivity contribution < 1.29 is 14.3 Å². The second-order valence-electron chi connectivity index (χ2n) is 4.45.